The number of hydrogen-bond acceptors (Lipinski definition) is 4. The van der Waals surface area contributed by atoms with Gasteiger partial charge < -0.3 is 0 Å². The minimum absolute atomic E-state index is 0.576. The first-order chi connectivity index (χ1) is 7.86. The highest BCUT2D eigenvalue weighted by Gasteiger charge is 2.04. The fourth-order valence-electron chi connectivity index (χ4n) is 1.52. The minimum atomic E-state index is 0.576. The van der Waals surface area contributed by atoms with Crippen LogP contribution in [-0.4, -0.2) is 28.7 Å². The van der Waals surface area contributed by atoms with Crippen molar-refractivity contribution in [3.05, 3.63) is 30.1 Å². The van der Waals surface area contributed by atoms with Crippen LogP contribution in [0.25, 0.3) is 0 Å². The van der Waals surface area contributed by atoms with Crippen LogP contribution in [0.15, 0.2) is 24.5 Å². The molecule has 3 nitrogen and oxygen atoms in total. The summed E-state index contributed by atoms with van der Waals surface area (Å²) in [6, 6.07) is 6.19. The van der Waals surface area contributed by atoms with E-state index in [4.69, 9.17) is 5.26 Å². The topological polar surface area (TPSA) is 39.9 Å². The van der Waals surface area contributed by atoms with Gasteiger partial charge in [0.1, 0.15) is 0 Å². The largest absolute Gasteiger partial charge is 0.298 e. The van der Waals surface area contributed by atoms with E-state index in [0.717, 1.165) is 31.8 Å². The van der Waals surface area contributed by atoms with Gasteiger partial charge >= 0.3 is 0 Å². The van der Waals surface area contributed by atoms with E-state index < -0.39 is 0 Å². The Morgan fingerprint density at radius 2 is 2.31 bits per heavy atom. The van der Waals surface area contributed by atoms with Crippen molar-refractivity contribution in [3.8, 4) is 6.07 Å². The first-order valence-corrected chi connectivity index (χ1v) is 6.09. The third-order valence-electron chi connectivity index (χ3n) is 2.30. The molecule has 0 spiro atoms. The Hall–Kier alpha value is -1.05. The lowest BCUT2D eigenvalue weighted by Crippen LogP contribution is -2.25. The Bertz CT molecular complexity index is 321. The lowest BCUT2D eigenvalue weighted by molar-refractivity contribution is 0.273. The molecule has 0 aliphatic rings. The smallest absolute Gasteiger partial charge is 0.0635 e. The van der Waals surface area contributed by atoms with Gasteiger partial charge in [0.25, 0.3) is 0 Å². The maximum absolute atomic E-state index is 8.60. The minimum Gasteiger partial charge on any atom is -0.298 e. The molecule has 0 saturated heterocycles. The van der Waals surface area contributed by atoms with Crippen LogP contribution >= 0.6 is 12.6 Å². The summed E-state index contributed by atoms with van der Waals surface area (Å²) >= 11 is 4.21. The molecule has 0 bridgehead atoms. The predicted molar refractivity (Wildman–Crippen MR) is 68.2 cm³/mol. The maximum Gasteiger partial charge on any atom is 0.0635 e. The van der Waals surface area contributed by atoms with E-state index in [9.17, 15) is 0 Å². The Morgan fingerprint density at radius 3 is 2.94 bits per heavy atom. The van der Waals surface area contributed by atoms with Crippen molar-refractivity contribution < 1.29 is 0 Å². The molecular formula is C12H17N3S. The molecule has 0 aliphatic carbocycles. The Morgan fingerprint density at radius 1 is 1.44 bits per heavy atom. The van der Waals surface area contributed by atoms with Crippen LogP contribution in [0.2, 0.25) is 0 Å². The highest BCUT2D eigenvalue weighted by Crippen LogP contribution is 2.04. The van der Waals surface area contributed by atoms with Crippen molar-refractivity contribution in [2.45, 2.75) is 19.4 Å². The lowest BCUT2D eigenvalue weighted by atomic mass is 10.2. The van der Waals surface area contributed by atoms with E-state index in [0.29, 0.717) is 6.42 Å². The maximum atomic E-state index is 8.60. The number of rotatable bonds is 7. The van der Waals surface area contributed by atoms with Crippen molar-refractivity contribution in [1.82, 2.24) is 9.88 Å². The van der Waals surface area contributed by atoms with Gasteiger partial charge in [-0.2, -0.15) is 17.9 Å². The summed E-state index contributed by atoms with van der Waals surface area (Å²) in [6.45, 7) is 2.67. The summed E-state index contributed by atoms with van der Waals surface area (Å²) < 4.78 is 0. The molecule has 86 valence electrons. The molecule has 16 heavy (non-hydrogen) atoms. The third kappa shape index (κ3) is 5.15. The fraction of sp³-hybridized carbons (Fsp3) is 0.500. The molecule has 1 aromatic rings. The van der Waals surface area contributed by atoms with Crippen LogP contribution in [0.3, 0.4) is 0 Å². The molecule has 1 rings (SSSR count). The number of nitrogens with zero attached hydrogens (tertiary/aromatic N) is 3. The van der Waals surface area contributed by atoms with E-state index in [1.165, 1.54) is 5.56 Å². The summed E-state index contributed by atoms with van der Waals surface area (Å²) in [7, 11) is 0. The number of hydrogen-bond donors (Lipinski definition) is 1. The molecule has 4 heteroatoms. The van der Waals surface area contributed by atoms with E-state index in [1.54, 1.807) is 6.20 Å². The van der Waals surface area contributed by atoms with Crippen molar-refractivity contribution in [2.75, 3.05) is 18.8 Å². The molecule has 0 N–H and O–H groups in total. The normalized spacial score (nSPS) is 10.3. The second kappa shape index (κ2) is 8.14. The van der Waals surface area contributed by atoms with Gasteiger partial charge in [-0.25, -0.2) is 0 Å². The molecule has 0 atom stereocenters. The predicted octanol–water partition coefficient (Wildman–Crippen LogP) is 2.12. The van der Waals surface area contributed by atoms with Gasteiger partial charge in [0.05, 0.1) is 6.07 Å². The summed E-state index contributed by atoms with van der Waals surface area (Å²) in [5.41, 5.74) is 1.19. The fourth-order valence-corrected chi connectivity index (χ4v) is 1.66. The van der Waals surface area contributed by atoms with Crippen molar-refractivity contribution >= 4 is 12.6 Å². The monoisotopic (exact) mass is 235 g/mol. The Balaban J connectivity index is 2.46. The highest BCUT2D eigenvalue weighted by atomic mass is 32.1. The van der Waals surface area contributed by atoms with Gasteiger partial charge in [-0.05, 0) is 30.3 Å². The van der Waals surface area contributed by atoms with E-state index in [-0.39, 0.29) is 0 Å². The zero-order valence-electron chi connectivity index (χ0n) is 9.34. The van der Waals surface area contributed by atoms with Gasteiger partial charge in [0, 0.05) is 31.9 Å². The van der Waals surface area contributed by atoms with Crippen LogP contribution in [0.5, 0.6) is 0 Å². The van der Waals surface area contributed by atoms with Gasteiger partial charge in [0.2, 0.25) is 0 Å². The molecule has 0 aliphatic heterocycles. The molecule has 0 fully saturated rings. The Kier molecular flexibility index (Phi) is 6.62. The lowest BCUT2D eigenvalue weighted by Gasteiger charge is -2.20. The van der Waals surface area contributed by atoms with E-state index >= 15 is 0 Å². The Labute approximate surface area is 103 Å². The van der Waals surface area contributed by atoms with Gasteiger partial charge in [-0.3, -0.25) is 9.88 Å². The van der Waals surface area contributed by atoms with Crippen LogP contribution in [0.1, 0.15) is 18.4 Å². The SMILES string of the molecule is N#CCCN(CCCS)Cc1cccnc1. The van der Waals surface area contributed by atoms with Crippen molar-refractivity contribution in [3.63, 3.8) is 0 Å². The zero-order valence-corrected chi connectivity index (χ0v) is 10.2. The summed E-state index contributed by atoms with van der Waals surface area (Å²) in [4.78, 5) is 6.37. The van der Waals surface area contributed by atoms with Crippen LogP contribution in [-0.2, 0) is 6.54 Å². The first-order valence-electron chi connectivity index (χ1n) is 5.46. The van der Waals surface area contributed by atoms with Gasteiger partial charge in [0.15, 0.2) is 0 Å². The van der Waals surface area contributed by atoms with Crippen LogP contribution in [0, 0.1) is 11.3 Å². The van der Waals surface area contributed by atoms with E-state index in [2.05, 4.69) is 34.6 Å². The van der Waals surface area contributed by atoms with E-state index in [1.807, 2.05) is 12.3 Å². The zero-order chi connectivity index (χ0) is 11.6. The van der Waals surface area contributed by atoms with Crippen molar-refractivity contribution in [2.24, 2.45) is 0 Å². The first kappa shape index (κ1) is 13.0. The quantitative estimate of drug-likeness (QED) is 0.736. The summed E-state index contributed by atoms with van der Waals surface area (Å²) in [5.74, 6) is 0.885. The standard InChI is InChI=1S/C12H17N3S/c13-5-2-7-15(8-3-9-16)11-12-4-1-6-14-10-12/h1,4,6,10,16H,2-3,7-9,11H2. The van der Waals surface area contributed by atoms with Crippen molar-refractivity contribution in [1.29, 1.82) is 5.26 Å². The number of pyridine rings is 1. The molecule has 0 amide bonds. The molecule has 0 saturated carbocycles. The molecule has 0 aromatic carbocycles. The number of nitriles is 1. The second-order valence-corrected chi connectivity index (χ2v) is 4.07. The van der Waals surface area contributed by atoms with Crippen LogP contribution in [0.4, 0.5) is 0 Å². The molecule has 0 radical (unpaired) electrons. The second-order valence-electron chi connectivity index (χ2n) is 3.62. The molecule has 1 aromatic heterocycles. The molecular weight excluding hydrogens is 218 g/mol. The van der Waals surface area contributed by atoms with Gasteiger partial charge in [-0.1, -0.05) is 6.07 Å². The molecule has 1 heterocycles. The summed E-state index contributed by atoms with van der Waals surface area (Å²) in [6.07, 6.45) is 5.28. The molecule has 0 unspecified atom stereocenters. The number of thiol groups is 1. The summed E-state index contributed by atoms with van der Waals surface area (Å²) in [5, 5.41) is 8.60. The average molecular weight is 235 g/mol. The van der Waals surface area contributed by atoms with Gasteiger partial charge in [-0.15, -0.1) is 0 Å². The highest BCUT2D eigenvalue weighted by molar-refractivity contribution is 7.80. The third-order valence-corrected chi connectivity index (χ3v) is 2.62. The van der Waals surface area contributed by atoms with Crippen LogP contribution < -0.4 is 0 Å². The number of aromatic nitrogens is 1. The average Bonchev–Trinajstić information content (AvgIpc) is 2.34.